The van der Waals surface area contributed by atoms with Crippen LogP contribution < -0.4 is 0 Å². The van der Waals surface area contributed by atoms with Crippen molar-refractivity contribution in [2.45, 2.75) is 16.9 Å². The Kier molecular flexibility index (Phi) is 3.63. The summed E-state index contributed by atoms with van der Waals surface area (Å²) in [6.07, 6.45) is 1.78. The maximum atomic E-state index is 12.3. The molecule has 0 aliphatic rings. The van der Waals surface area contributed by atoms with Gasteiger partial charge in [-0.3, -0.25) is 4.68 Å². The van der Waals surface area contributed by atoms with Gasteiger partial charge in [0.15, 0.2) is 0 Å². The topological polar surface area (TPSA) is 17.8 Å². The van der Waals surface area contributed by atoms with Crippen LogP contribution in [0.5, 0.6) is 0 Å². The van der Waals surface area contributed by atoms with Gasteiger partial charge in [0, 0.05) is 10.3 Å². The lowest BCUT2D eigenvalue weighted by atomic mass is 10.2. The molecule has 0 saturated heterocycles. The van der Waals surface area contributed by atoms with Crippen molar-refractivity contribution in [3.63, 3.8) is 0 Å². The molecule has 0 spiro atoms. The van der Waals surface area contributed by atoms with E-state index >= 15 is 0 Å². The van der Waals surface area contributed by atoms with E-state index in [-0.39, 0.29) is 16.7 Å². The minimum Gasteiger partial charge on any atom is -0.260 e. The highest BCUT2D eigenvalue weighted by atomic mass is 32.2. The normalized spacial score (nSPS) is 12.0. The summed E-state index contributed by atoms with van der Waals surface area (Å²) >= 11 is -0.102. The zero-order valence-corrected chi connectivity index (χ0v) is 11.7. The second-order valence-corrected chi connectivity index (χ2v) is 5.69. The van der Waals surface area contributed by atoms with Crippen LogP contribution in [-0.4, -0.2) is 15.3 Å². The number of hydrogen-bond donors (Lipinski definition) is 0. The summed E-state index contributed by atoms with van der Waals surface area (Å²) < 4.78 is 38.6. The van der Waals surface area contributed by atoms with Crippen molar-refractivity contribution in [3.8, 4) is 0 Å². The monoisotopic (exact) mass is 308 g/mol. The Morgan fingerprint density at radius 3 is 2.43 bits per heavy atom. The van der Waals surface area contributed by atoms with Crippen molar-refractivity contribution in [2.24, 2.45) is 0 Å². The van der Waals surface area contributed by atoms with Gasteiger partial charge in [-0.15, -0.1) is 0 Å². The second kappa shape index (κ2) is 5.44. The maximum Gasteiger partial charge on any atom is 0.446 e. The number of nitrogens with zero attached hydrogens (tertiary/aromatic N) is 2. The minimum atomic E-state index is -4.25. The third-order valence-electron chi connectivity index (χ3n) is 3.04. The van der Waals surface area contributed by atoms with E-state index < -0.39 is 5.51 Å². The predicted octanol–water partition coefficient (Wildman–Crippen LogP) is 4.70. The van der Waals surface area contributed by atoms with Crippen molar-refractivity contribution in [3.05, 3.63) is 60.3 Å². The molecule has 0 N–H and O–H groups in total. The first-order chi connectivity index (χ1) is 10.0. The molecule has 0 aliphatic carbocycles. The third kappa shape index (κ3) is 3.39. The molecular weight excluding hydrogens is 297 g/mol. The van der Waals surface area contributed by atoms with Crippen molar-refractivity contribution in [1.29, 1.82) is 0 Å². The number of hydrogen-bond acceptors (Lipinski definition) is 2. The highest BCUT2D eigenvalue weighted by Gasteiger charge is 2.28. The van der Waals surface area contributed by atoms with Gasteiger partial charge in [-0.1, -0.05) is 30.3 Å². The summed E-state index contributed by atoms with van der Waals surface area (Å²) in [7, 11) is 0. The number of halogens is 3. The fraction of sp³-hybridized carbons (Fsp3) is 0.133. The average Bonchev–Trinajstić information content (AvgIpc) is 2.83. The van der Waals surface area contributed by atoms with Gasteiger partial charge in [0.2, 0.25) is 0 Å². The lowest BCUT2D eigenvalue weighted by Crippen LogP contribution is -2.02. The van der Waals surface area contributed by atoms with Crippen LogP contribution in [0.4, 0.5) is 13.2 Å². The Bertz CT molecular complexity index is 747. The number of aromatic nitrogens is 2. The molecule has 3 aromatic rings. The summed E-state index contributed by atoms with van der Waals surface area (Å²) in [4.78, 5) is 0.191. The first-order valence-electron chi connectivity index (χ1n) is 6.26. The standard InChI is InChI=1S/C15H11F3N2S/c16-15(17,18)21-13-7-5-11(6-8-13)10-20-14-4-2-1-3-12(14)9-19-20/h1-9H,10H2. The van der Waals surface area contributed by atoms with E-state index in [2.05, 4.69) is 5.10 Å². The summed E-state index contributed by atoms with van der Waals surface area (Å²) in [5.74, 6) is 0. The zero-order chi connectivity index (χ0) is 14.9. The Morgan fingerprint density at radius 1 is 1.00 bits per heavy atom. The summed E-state index contributed by atoms with van der Waals surface area (Å²) in [5.41, 5.74) is -2.33. The molecule has 1 aromatic heterocycles. The zero-order valence-electron chi connectivity index (χ0n) is 10.8. The van der Waals surface area contributed by atoms with Gasteiger partial charge in [-0.05, 0) is 35.5 Å². The average molecular weight is 308 g/mol. The fourth-order valence-electron chi connectivity index (χ4n) is 2.12. The number of rotatable bonds is 3. The van der Waals surface area contributed by atoms with E-state index in [9.17, 15) is 13.2 Å². The lowest BCUT2D eigenvalue weighted by Gasteiger charge is -2.07. The Labute approximate surface area is 123 Å². The number of benzene rings is 2. The third-order valence-corrected chi connectivity index (χ3v) is 3.78. The van der Waals surface area contributed by atoms with Gasteiger partial charge < -0.3 is 0 Å². The molecule has 6 heteroatoms. The van der Waals surface area contributed by atoms with Crippen LogP contribution in [-0.2, 0) is 6.54 Å². The molecule has 108 valence electrons. The highest BCUT2D eigenvalue weighted by molar-refractivity contribution is 8.00. The molecule has 0 unspecified atom stereocenters. The van der Waals surface area contributed by atoms with Crippen LogP contribution in [0.15, 0.2) is 59.6 Å². The molecule has 0 bridgehead atoms. The smallest absolute Gasteiger partial charge is 0.260 e. The van der Waals surface area contributed by atoms with Crippen LogP contribution in [0.1, 0.15) is 5.56 Å². The molecule has 0 radical (unpaired) electrons. The number of thioether (sulfide) groups is 1. The molecule has 2 nitrogen and oxygen atoms in total. The van der Waals surface area contributed by atoms with Crippen molar-refractivity contribution in [2.75, 3.05) is 0 Å². The molecule has 21 heavy (non-hydrogen) atoms. The maximum absolute atomic E-state index is 12.3. The van der Waals surface area contributed by atoms with E-state index in [1.165, 1.54) is 12.1 Å². The molecule has 0 fully saturated rings. The van der Waals surface area contributed by atoms with Crippen LogP contribution in [0.2, 0.25) is 0 Å². The van der Waals surface area contributed by atoms with Crippen LogP contribution in [0.3, 0.4) is 0 Å². The van der Waals surface area contributed by atoms with Gasteiger partial charge in [-0.25, -0.2) is 0 Å². The first-order valence-corrected chi connectivity index (χ1v) is 7.08. The summed E-state index contributed by atoms with van der Waals surface area (Å²) in [6.45, 7) is 0.532. The Morgan fingerprint density at radius 2 is 1.71 bits per heavy atom. The molecule has 0 aliphatic heterocycles. The SMILES string of the molecule is FC(F)(F)Sc1ccc(Cn2ncc3ccccc32)cc1. The van der Waals surface area contributed by atoms with E-state index in [1.54, 1.807) is 18.3 Å². The molecule has 1 heterocycles. The molecule has 0 amide bonds. The van der Waals surface area contributed by atoms with Gasteiger partial charge in [0.1, 0.15) is 0 Å². The van der Waals surface area contributed by atoms with Gasteiger partial charge in [-0.2, -0.15) is 18.3 Å². The lowest BCUT2D eigenvalue weighted by molar-refractivity contribution is -0.0328. The number of alkyl halides is 3. The first kappa shape index (κ1) is 14.0. The fourth-order valence-corrected chi connectivity index (χ4v) is 2.66. The van der Waals surface area contributed by atoms with E-state index in [4.69, 9.17) is 0 Å². The summed E-state index contributed by atoms with van der Waals surface area (Å²) in [6, 6.07) is 14.2. The number of fused-ring (bicyclic) bond motifs is 1. The molecule has 3 rings (SSSR count). The van der Waals surface area contributed by atoms with E-state index in [1.807, 2.05) is 28.9 Å². The largest absolute Gasteiger partial charge is 0.446 e. The van der Waals surface area contributed by atoms with Gasteiger partial charge >= 0.3 is 5.51 Å². The van der Waals surface area contributed by atoms with Crippen LogP contribution >= 0.6 is 11.8 Å². The second-order valence-electron chi connectivity index (χ2n) is 4.55. The Hall–Kier alpha value is -1.95. The van der Waals surface area contributed by atoms with Crippen molar-refractivity contribution >= 4 is 22.7 Å². The molecule has 0 saturated carbocycles. The van der Waals surface area contributed by atoms with Crippen molar-refractivity contribution < 1.29 is 13.2 Å². The molecule has 2 aromatic carbocycles. The van der Waals surface area contributed by atoms with Crippen molar-refractivity contribution in [1.82, 2.24) is 9.78 Å². The van der Waals surface area contributed by atoms with Crippen LogP contribution in [0, 0.1) is 0 Å². The van der Waals surface area contributed by atoms with E-state index in [0.29, 0.717) is 6.54 Å². The quantitative estimate of drug-likeness (QED) is 0.653. The number of para-hydroxylation sites is 1. The predicted molar refractivity (Wildman–Crippen MR) is 77.2 cm³/mol. The minimum absolute atomic E-state index is 0.102. The van der Waals surface area contributed by atoms with Crippen LogP contribution in [0.25, 0.3) is 10.9 Å². The summed E-state index contributed by atoms with van der Waals surface area (Å²) in [5, 5.41) is 5.35. The highest BCUT2D eigenvalue weighted by Crippen LogP contribution is 2.36. The molecular formula is C15H11F3N2S. The molecule has 0 atom stereocenters. The van der Waals surface area contributed by atoms with E-state index in [0.717, 1.165) is 16.5 Å². The van der Waals surface area contributed by atoms with Gasteiger partial charge in [0.25, 0.3) is 0 Å². The Balaban J connectivity index is 1.79. The van der Waals surface area contributed by atoms with Gasteiger partial charge in [0.05, 0.1) is 18.3 Å².